The first-order chi connectivity index (χ1) is 20.4. The molecule has 1 aliphatic carbocycles. The Morgan fingerprint density at radius 1 is 1.10 bits per heavy atom. The molecule has 2 fully saturated rings. The zero-order valence-corrected chi connectivity index (χ0v) is 23.2. The SMILES string of the molecule is CCC1=C2[C@@H](CC/C(=C/c3ccccc3O)c3ccccn3)OC[C@@H]2[C@@H]2C(=O)N(c3cccc([N+](=O)[O-])c3)C(=O)[C@@H]2C1. The Morgan fingerprint density at radius 3 is 2.64 bits per heavy atom. The summed E-state index contributed by atoms with van der Waals surface area (Å²) in [5, 5.41) is 21.7. The molecule has 4 atom stereocenters. The van der Waals surface area contributed by atoms with Crippen molar-refractivity contribution >= 4 is 34.8 Å². The largest absolute Gasteiger partial charge is 0.507 e. The minimum absolute atomic E-state index is 0.166. The van der Waals surface area contributed by atoms with Gasteiger partial charge in [0, 0.05) is 29.8 Å². The molecule has 2 aromatic carbocycles. The van der Waals surface area contributed by atoms with E-state index in [1.165, 1.54) is 18.2 Å². The van der Waals surface area contributed by atoms with Crippen molar-refractivity contribution in [2.24, 2.45) is 17.8 Å². The number of carbonyl (C=O) groups is 2. The van der Waals surface area contributed by atoms with Gasteiger partial charge < -0.3 is 9.84 Å². The third-order valence-electron chi connectivity index (χ3n) is 8.67. The summed E-state index contributed by atoms with van der Waals surface area (Å²) in [6, 6.07) is 18.6. The first-order valence-electron chi connectivity index (χ1n) is 14.2. The van der Waals surface area contributed by atoms with Crippen molar-refractivity contribution in [3.05, 3.63) is 105 Å². The molecule has 9 heteroatoms. The van der Waals surface area contributed by atoms with Gasteiger partial charge in [0.1, 0.15) is 5.75 Å². The number of hydrogen-bond donors (Lipinski definition) is 1. The molecule has 3 aromatic rings. The maximum absolute atomic E-state index is 13.8. The standard InChI is InChI=1S/C33H31N3O6/c1-2-20-17-25-31(33(39)35(32(25)38)23-9-7-10-24(18-23)36(40)41)26-19-42-29(30(20)26)14-13-21(27-11-5-6-15-34-27)16-22-8-3-4-12-28(22)37/h3-12,15-16,18,25-26,29,31,37H,2,13-14,17,19H2,1H3/b21-16-/t25-,26+,29-,31-/m1/s1. The summed E-state index contributed by atoms with van der Waals surface area (Å²) in [6.07, 6.45) is 5.98. The second-order valence-electron chi connectivity index (χ2n) is 10.9. The van der Waals surface area contributed by atoms with Gasteiger partial charge in [-0.2, -0.15) is 0 Å². The van der Waals surface area contributed by atoms with Gasteiger partial charge in [-0.1, -0.05) is 42.8 Å². The molecule has 9 nitrogen and oxygen atoms in total. The van der Waals surface area contributed by atoms with Crippen LogP contribution in [0.15, 0.2) is 84.1 Å². The van der Waals surface area contributed by atoms with E-state index in [0.717, 1.165) is 33.7 Å². The van der Waals surface area contributed by atoms with Crippen LogP contribution in [-0.4, -0.2) is 39.5 Å². The number of hydrogen-bond acceptors (Lipinski definition) is 7. The minimum atomic E-state index is -0.556. The van der Waals surface area contributed by atoms with Gasteiger partial charge in [-0.3, -0.25) is 24.7 Å². The number of para-hydroxylation sites is 1. The molecule has 3 aliphatic rings. The number of amides is 2. The van der Waals surface area contributed by atoms with E-state index in [2.05, 4.69) is 11.9 Å². The fourth-order valence-corrected chi connectivity index (χ4v) is 6.72. The van der Waals surface area contributed by atoms with Crippen LogP contribution in [0.3, 0.4) is 0 Å². The van der Waals surface area contributed by atoms with Crippen LogP contribution in [0.5, 0.6) is 5.75 Å². The van der Waals surface area contributed by atoms with Gasteiger partial charge in [-0.15, -0.1) is 0 Å². The molecule has 214 valence electrons. The average Bonchev–Trinajstić information content (AvgIpc) is 3.54. The van der Waals surface area contributed by atoms with Crippen molar-refractivity contribution in [1.82, 2.24) is 4.98 Å². The quantitative estimate of drug-likeness (QED) is 0.155. The maximum atomic E-state index is 13.8. The zero-order chi connectivity index (χ0) is 29.4. The number of nitro groups is 1. The van der Waals surface area contributed by atoms with E-state index in [-0.39, 0.29) is 41.0 Å². The second-order valence-corrected chi connectivity index (χ2v) is 10.9. The maximum Gasteiger partial charge on any atom is 0.271 e. The predicted molar refractivity (Wildman–Crippen MR) is 157 cm³/mol. The number of anilines is 1. The van der Waals surface area contributed by atoms with E-state index in [0.29, 0.717) is 31.4 Å². The van der Waals surface area contributed by atoms with Crippen molar-refractivity contribution < 1.29 is 24.4 Å². The number of non-ortho nitro benzene ring substituents is 1. The molecule has 0 bridgehead atoms. The van der Waals surface area contributed by atoms with Gasteiger partial charge >= 0.3 is 0 Å². The highest BCUT2D eigenvalue weighted by Crippen LogP contribution is 2.51. The molecule has 6 rings (SSSR count). The molecule has 0 spiro atoms. The average molecular weight is 566 g/mol. The Bertz CT molecular complexity index is 1610. The minimum Gasteiger partial charge on any atom is -0.507 e. The summed E-state index contributed by atoms with van der Waals surface area (Å²) >= 11 is 0. The van der Waals surface area contributed by atoms with E-state index < -0.39 is 16.8 Å². The van der Waals surface area contributed by atoms with E-state index in [1.807, 2.05) is 36.4 Å². The lowest BCUT2D eigenvalue weighted by Crippen LogP contribution is -2.34. The van der Waals surface area contributed by atoms with Crippen molar-refractivity contribution in [2.45, 2.75) is 38.7 Å². The third-order valence-corrected chi connectivity index (χ3v) is 8.67. The lowest BCUT2D eigenvalue weighted by molar-refractivity contribution is -0.384. The van der Waals surface area contributed by atoms with E-state index >= 15 is 0 Å². The summed E-state index contributed by atoms with van der Waals surface area (Å²) in [4.78, 5) is 43.9. The van der Waals surface area contributed by atoms with Gasteiger partial charge in [0.05, 0.1) is 40.9 Å². The van der Waals surface area contributed by atoms with Gasteiger partial charge in [0.25, 0.3) is 5.69 Å². The molecular weight excluding hydrogens is 534 g/mol. The van der Waals surface area contributed by atoms with Crippen molar-refractivity contribution in [2.75, 3.05) is 11.5 Å². The summed E-state index contributed by atoms with van der Waals surface area (Å²) in [7, 11) is 0. The molecule has 2 saturated heterocycles. The normalized spacial score (nSPS) is 23.7. The summed E-state index contributed by atoms with van der Waals surface area (Å²) in [5.41, 5.74) is 4.80. The smallest absolute Gasteiger partial charge is 0.271 e. The number of pyridine rings is 1. The van der Waals surface area contributed by atoms with Crippen molar-refractivity contribution in [3.8, 4) is 5.75 Å². The molecule has 0 radical (unpaired) electrons. The fourth-order valence-electron chi connectivity index (χ4n) is 6.72. The number of aromatic nitrogens is 1. The van der Waals surface area contributed by atoms with Crippen molar-refractivity contribution in [1.29, 1.82) is 0 Å². The number of allylic oxidation sites excluding steroid dienone is 2. The fraction of sp³-hybridized carbons (Fsp3) is 0.303. The van der Waals surface area contributed by atoms with Crippen LogP contribution in [0.1, 0.15) is 43.9 Å². The van der Waals surface area contributed by atoms with Gasteiger partial charge in [0.15, 0.2) is 0 Å². The van der Waals surface area contributed by atoms with Crippen LogP contribution in [-0.2, 0) is 14.3 Å². The highest BCUT2D eigenvalue weighted by atomic mass is 16.6. The number of ether oxygens (including phenoxy) is 1. The molecule has 1 N–H and O–H groups in total. The number of benzene rings is 2. The molecule has 0 saturated carbocycles. The second kappa shape index (κ2) is 11.3. The Balaban J connectivity index is 1.27. The Morgan fingerprint density at radius 2 is 1.90 bits per heavy atom. The molecule has 2 amide bonds. The number of rotatable bonds is 8. The summed E-state index contributed by atoms with van der Waals surface area (Å²) < 4.78 is 6.35. The number of nitro benzene ring substituents is 1. The highest BCUT2D eigenvalue weighted by molar-refractivity contribution is 6.22. The van der Waals surface area contributed by atoms with Gasteiger partial charge in [-0.25, -0.2) is 4.90 Å². The molecule has 1 aromatic heterocycles. The van der Waals surface area contributed by atoms with E-state index in [9.17, 15) is 24.8 Å². The van der Waals surface area contributed by atoms with Crippen LogP contribution in [0, 0.1) is 27.9 Å². The Labute approximate surface area is 243 Å². The third kappa shape index (κ3) is 4.90. The van der Waals surface area contributed by atoms with Crippen LogP contribution in [0.25, 0.3) is 11.6 Å². The molecular formula is C33H31N3O6. The first-order valence-corrected chi connectivity index (χ1v) is 14.2. The van der Waals surface area contributed by atoms with Crippen molar-refractivity contribution in [3.63, 3.8) is 0 Å². The van der Waals surface area contributed by atoms with Gasteiger partial charge in [0.2, 0.25) is 11.8 Å². The molecule has 2 aliphatic heterocycles. The lowest BCUT2D eigenvalue weighted by atomic mass is 9.69. The number of nitrogens with zero attached hydrogens (tertiary/aromatic N) is 3. The highest BCUT2D eigenvalue weighted by Gasteiger charge is 2.57. The number of phenols is 1. The summed E-state index contributed by atoms with van der Waals surface area (Å²) in [5.74, 6) is -1.71. The topological polar surface area (TPSA) is 123 Å². The van der Waals surface area contributed by atoms with Crippen LogP contribution < -0.4 is 4.90 Å². The number of phenolic OH excluding ortho intramolecular Hbond substituents is 1. The van der Waals surface area contributed by atoms with Crippen LogP contribution >= 0.6 is 0 Å². The predicted octanol–water partition coefficient (Wildman–Crippen LogP) is 5.95. The van der Waals surface area contributed by atoms with E-state index in [1.54, 1.807) is 24.4 Å². The number of aromatic hydroxyl groups is 1. The molecule has 3 heterocycles. The van der Waals surface area contributed by atoms with Crippen LogP contribution in [0.2, 0.25) is 0 Å². The number of carbonyl (C=O) groups excluding carboxylic acids is 2. The number of imide groups is 1. The van der Waals surface area contributed by atoms with Gasteiger partial charge in [-0.05, 0) is 67.2 Å². The monoisotopic (exact) mass is 565 g/mol. The Kier molecular flexibility index (Phi) is 7.43. The van der Waals surface area contributed by atoms with Crippen LogP contribution in [0.4, 0.5) is 11.4 Å². The molecule has 0 unspecified atom stereocenters. The lowest BCUT2D eigenvalue weighted by Gasteiger charge is -2.31. The molecule has 42 heavy (non-hydrogen) atoms. The Hall–Kier alpha value is -4.63. The first kappa shape index (κ1) is 27.5. The van der Waals surface area contributed by atoms with E-state index in [4.69, 9.17) is 4.74 Å². The zero-order valence-electron chi connectivity index (χ0n) is 23.2. The number of fused-ring (bicyclic) bond motifs is 3. The summed E-state index contributed by atoms with van der Waals surface area (Å²) in [6.45, 7) is 2.40.